The zero-order chi connectivity index (χ0) is 34.6. The largest absolute Gasteiger partial charge is 0.508 e. The fraction of sp³-hybridized carbons (Fsp3) is 0.243. The molecule has 0 saturated carbocycles. The topological polar surface area (TPSA) is 165 Å². The SMILES string of the molecule is Nc1ncnc2c1c(-c1ccc(O)cc1)nn2CC(c1cccc(F)c1)c1nc2cccc(C#CCCCC(=O)N3CCOCC3)c2c(=O)[nH]1. The number of aromatic amines is 1. The third-order valence-corrected chi connectivity index (χ3v) is 8.67. The number of carbonyl (C=O) groups excluding carboxylic acids is 1. The Labute approximate surface area is 285 Å². The number of phenols is 1. The summed E-state index contributed by atoms with van der Waals surface area (Å²) in [6.07, 6.45) is 2.84. The number of unbranched alkanes of at least 4 members (excludes halogenated alkanes) is 1. The van der Waals surface area contributed by atoms with Crippen molar-refractivity contribution in [1.82, 2.24) is 34.6 Å². The maximum absolute atomic E-state index is 14.6. The van der Waals surface area contributed by atoms with Crippen molar-refractivity contribution in [2.45, 2.75) is 31.7 Å². The lowest BCUT2D eigenvalue weighted by molar-refractivity contribution is -0.135. The van der Waals surface area contributed by atoms with Crippen molar-refractivity contribution >= 4 is 33.7 Å². The molecule has 6 aromatic rings. The fourth-order valence-corrected chi connectivity index (χ4v) is 6.16. The molecule has 0 radical (unpaired) electrons. The number of amides is 1. The molecule has 3 aromatic heterocycles. The smallest absolute Gasteiger partial charge is 0.260 e. The third kappa shape index (κ3) is 6.74. The minimum Gasteiger partial charge on any atom is -0.508 e. The number of halogens is 1. The highest BCUT2D eigenvalue weighted by Crippen LogP contribution is 2.33. The van der Waals surface area contributed by atoms with Crippen molar-refractivity contribution < 1.29 is 19.0 Å². The van der Waals surface area contributed by atoms with Gasteiger partial charge in [-0.3, -0.25) is 9.59 Å². The first-order valence-electron chi connectivity index (χ1n) is 16.2. The van der Waals surface area contributed by atoms with Crippen molar-refractivity contribution in [2.75, 3.05) is 32.0 Å². The average Bonchev–Trinajstić information content (AvgIpc) is 3.50. The molecule has 1 aliphatic heterocycles. The highest BCUT2D eigenvalue weighted by atomic mass is 19.1. The minimum atomic E-state index is -0.659. The standard InChI is InChI=1S/C37H33FN8O4/c38-26-9-4-8-25(20-26)28(21-46-36-32(34(39)40-22-41-36)33(44-46)24-12-14-27(47)15-13-24)35-42-29-10-5-7-23(31(29)37(49)43-35)6-2-1-3-11-30(48)45-16-18-50-19-17-45/h4-5,7-10,12-15,20,22,28,47H,1,3,11,16-19,21H2,(H2,39,40,41)(H,42,43,49). The summed E-state index contributed by atoms with van der Waals surface area (Å²) >= 11 is 0. The molecule has 0 bridgehead atoms. The summed E-state index contributed by atoms with van der Waals surface area (Å²) in [5.41, 5.74) is 9.06. The van der Waals surface area contributed by atoms with Gasteiger partial charge in [-0.2, -0.15) is 5.10 Å². The molecule has 1 aliphatic rings. The maximum Gasteiger partial charge on any atom is 0.260 e. The molecule has 0 spiro atoms. The Hall–Kier alpha value is -6.13. The molecule has 252 valence electrons. The van der Waals surface area contributed by atoms with Gasteiger partial charge in [-0.1, -0.05) is 30.0 Å². The molecule has 4 N–H and O–H groups in total. The van der Waals surface area contributed by atoms with Crippen LogP contribution in [0.5, 0.6) is 5.75 Å². The van der Waals surface area contributed by atoms with Crippen LogP contribution in [0.4, 0.5) is 10.2 Å². The zero-order valence-electron chi connectivity index (χ0n) is 27.0. The second kappa shape index (κ2) is 14.2. The Morgan fingerprint density at radius 1 is 1.06 bits per heavy atom. The lowest BCUT2D eigenvalue weighted by atomic mass is 9.97. The monoisotopic (exact) mass is 672 g/mol. The van der Waals surface area contributed by atoms with Crippen LogP contribution in [-0.4, -0.2) is 71.9 Å². The first-order chi connectivity index (χ1) is 24.4. The number of phenolic OH excluding ortho intramolecular Hbond substituents is 1. The number of ether oxygens (including phenoxy) is 1. The predicted molar refractivity (Wildman–Crippen MR) is 186 cm³/mol. The van der Waals surface area contributed by atoms with Crippen LogP contribution >= 0.6 is 0 Å². The number of fused-ring (bicyclic) bond motifs is 2. The Bertz CT molecular complexity index is 2320. The Morgan fingerprint density at radius 2 is 1.86 bits per heavy atom. The van der Waals surface area contributed by atoms with E-state index >= 15 is 0 Å². The van der Waals surface area contributed by atoms with Crippen LogP contribution in [0.15, 0.2) is 77.9 Å². The Kier molecular flexibility index (Phi) is 9.18. The normalized spacial score (nSPS) is 13.7. The predicted octanol–water partition coefficient (Wildman–Crippen LogP) is 4.37. The number of benzene rings is 3. The number of nitrogens with one attached hydrogen (secondary N) is 1. The van der Waals surface area contributed by atoms with Crippen molar-refractivity contribution in [3.63, 3.8) is 0 Å². The maximum atomic E-state index is 14.6. The summed E-state index contributed by atoms with van der Waals surface area (Å²) in [4.78, 5) is 44.4. The first-order valence-corrected chi connectivity index (χ1v) is 16.2. The van der Waals surface area contributed by atoms with Gasteiger partial charge >= 0.3 is 0 Å². The van der Waals surface area contributed by atoms with Gasteiger partial charge in [-0.15, -0.1) is 0 Å². The molecule has 1 amide bonds. The highest BCUT2D eigenvalue weighted by Gasteiger charge is 2.25. The Balaban J connectivity index is 1.22. The number of carbonyl (C=O) groups is 1. The molecule has 1 saturated heterocycles. The fourth-order valence-electron chi connectivity index (χ4n) is 6.16. The molecule has 12 nitrogen and oxygen atoms in total. The van der Waals surface area contributed by atoms with E-state index in [0.29, 0.717) is 95.7 Å². The number of anilines is 1. The van der Waals surface area contributed by atoms with Gasteiger partial charge in [0.15, 0.2) is 5.65 Å². The zero-order valence-corrected chi connectivity index (χ0v) is 27.0. The molecule has 50 heavy (non-hydrogen) atoms. The van der Waals surface area contributed by atoms with Crippen LogP contribution in [0, 0.1) is 17.7 Å². The molecule has 7 rings (SSSR count). The molecule has 4 heterocycles. The summed E-state index contributed by atoms with van der Waals surface area (Å²) in [5, 5.41) is 15.5. The van der Waals surface area contributed by atoms with E-state index in [1.165, 1.54) is 18.5 Å². The Morgan fingerprint density at radius 3 is 2.66 bits per heavy atom. The van der Waals surface area contributed by atoms with Gasteiger partial charge in [0.1, 0.15) is 35.2 Å². The van der Waals surface area contributed by atoms with Crippen molar-refractivity contribution in [3.8, 4) is 28.8 Å². The number of nitrogens with zero attached hydrogens (tertiary/aromatic N) is 6. The molecule has 0 aliphatic carbocycles. The lowest BCUT2D eigenvalue weighted by Crippen LogP contribution is -2.40. The van der Waals surface area contributed by atoms with Crippen LogP contribution in [0.25, 0.3) is 33.2 Å². The third-order valence-electron chi connectivity index (χ3n) is 8.67. The number of hydrogen-bond acceptors (Lipinski definition) is 9. The van der Waals surface area contributed by atoms with Gasteiger partial charge in [0.2, 0.25) is 5.91 Å². The summed E-state index contributed by atoms with van der Waals surface area (Å²) in [5.74, 6) is 5.82. The number of morpholine rings is 1. The summed E-state index contributed by atoms with van der Waals surface area (Å²) < 4.78 is 21.6. The van der Waals surface area contributed by atoms with E-state index in [9.17, 15) is 19.1 Å². The molecule has 3 aromatic carbocycles. The average molecular weight is 673 g/mol. The number of rotatable bonds is 8. The van der Waals surface area contributed by atoms with Crippen molar-refractivity contribution in [2.24, 2.45) is 0 Å². The van der Waals surface area contributed by atoms with Gasteiger partial charge in [-0.05, 0) is 60.5 Å². The molecule has 1 fully saturated rings. The van der Waals surface area contributed by atoms with E-state index in [1.54, 1.807) is 59.3 Å². The van der Waals surface area contributed by atoms with Crippen LogP contribution in [0.3, 0.4) is 0 Å². The van der Waals surface area contributed by atoms with Crippen LogP contribution in [0.1, 0.15) is 42.1 Å². The number of nitrogens with two attached hydrogens (primary N) is 1. The van der Waals surface area contributed by atoms with E-state index in [1.807, 2.05) is 4.90 Å². The van der Waals surface area contributed by atoms with E-state index in [-0.39, 0.29) is 29.6 Å². The minimum absolute atomic E-state index is 0.0943. The molecule has 1 unspecified atom stereocenters. The number of aromatic hydroxyl groups is 1. The van der Waals surface area contributed by atoms with Crippen molar-refractivity contribution in [3.05, 3.63) is 106 Å². The molecular weight excluding hydrogens is 639 g/mol. The molecular formula is C37H33FN8O4. The van der Waals surface area contributed by atoms with E-state index in [2.05, 4.69) is 26.8 Å². The van der Waals surface area contributed by atoms with Gasteiger partial charge < -0.3 is 25.5 Å². The van der Waals surface area contributed by atoms with E-state index in [4.69, 9.17) is 20.6 Å². The van der Waals surface area contributed by atoms with Gasteiger partial charge in [0.25, 0.3) is 5.56 Å². The quantitative estimate of drug-likeness (QED) is 0.157. The first kappa shape index (κ1) is 32.4. The van der Waals surface area contributed by atoms with Gasteiger partial charge in [0, 0.05) is 37.1 Å². The van der Waals surface area contributed by atoms with Crippen molar-refractivity contribution in [1.29, 1.82) is 0 Å². The summed E-state index contributed by atoms with van der Waals surface area (Å²) in [6, 6.07) is 17.9. The van der Waals surface area contributed by atoms with E-state index in [0.717, 1.165) is 0 Å². The molecule has 1 atom stereocenters. The lowest BCUT2D eigenvalue weighted by Gasteiger charge is -2.26. The van der Waals surface area contributed by atoms with Gasteiger partial charge in [-0.25, -0.2) is 24.0 Å². The van der Waals surface area contributed by atoms with Crippen LogP contribution in [0.2, 0.25) is 0 Å². The summed E-state index contributed by atoms with van der Waals surface area (Å²) in [7, 11) is 0. The highest BCUT2D eigenvalue weighted by molar-refractivity contribution is 5.98. The van der Waals surface area contributed by atoms with Crippen LogP contribution in [-0.2, 0) is 16.1 Å². The summed E-state index contributed by atoms with van der Waals surface area (Å²) in [6.45, 7) is 2.46. The van der Waals surface area contributed by atoms with E-state index < -0.39 is 11.7 Å². The second-order valence-electron chi connectivity index (χ2n) is 11.9. The van der Waals surface area contributed by atoms with Gasteiger partial charge in [0.05, 0.1) is 42.0 Å². The molecule has 13 heteroatoms. The number of aromatic nitrogens is 6. The second-order valence-corrected chi connectivity index (χ2v) is 11.9. The number of nitrogen functional groups attached to an aromatic ring is 1. The number of hydrogen-bond donors (Lipinski definition) is 3. The number of H-pyrrole nitrogens is 1. The van der Waals surface area contributed by atoms with Crippen LogP contribution < -0.4 is 11.3 Å².